The van der Waals surface area contributed by atoms with Crippen molar-refractivity contribution in [3.63, 3.8) is 0 Å². The molecule has 0 unspecified atom stereocenters. The molecular weight excluding hydrogens is 395 g/mol. The largest absolute Gasteiger partial charge is 0.494 e. The SMILES string of the molecule is CCOc1ccc(CCCNC(=O)[C@@H](C)N(c2cccc(F)c2)S(C)(=O)=O)cc1. The number of sulfonamides is 1. The first kappa shape index (κ1) is 22.7. The summed E-state index contributed by atoms with van der Waals surface area (Å²) < 4.78 is 44.2. The number of carbonyl (C=O) groups is 1. The number of nitrogens with zero attached hydrogens (tertiary/aromatic N) is 1. The van der Waals surface area contributed by atoms with Crippen LogP contribution in [0.2, 0.25) is 0 Å². The Labute approximate surface area is 171 Å². The lowest BCUT2D eigenvalue weighted by Crippen LogP contribution is -2.48. The minimum atomic E-state index is -3.77. The van der Waals surface area contributed by atoms with E-state index < -0.39 is 27.8 Å². The van der Waals surface area contributed by atoms with Gasteiger partial charge in [-0.15, -0.1) is 0 Å². The molecule has 0 saturated carbocycles. The van der Waals surface area contributed by atoms with E-state index in [1.54, 1.807) is 0 Å². The van der Waals surface area contributed by atoms with Gasteiger partial charge in [-0.25, -0.2) is 12.8 Å². The molecule has 0 aromatic heterocycles. The van der Waals surface area contributed by atoms with Crippen LogP contribution in [0, 0.1) is 5.82 Å². The van der Waals surface area contributed by atoms with E-state index in [4.69, 9.17) is 4.74 Å². The van der Waals surface area contributed by atoms with Gasteiger partial charge in [0.05, 0.1) is 18.6 Å². The molecule has 0 heterocycles. The van der Waals surface area contributed by atoms with Crippen LogP contribution in [0.15, 0.2) is 48.5 Å². The molecule has 0 radical (unpaired) electrons. The molecule has 2 rings (SSSR count). The Morgan fingerprint density at radius 3 is 2.48 bits per heavy atom. The first-order chi connectivity index (χ1) is 13.7. The number of anilines is 1. The van der Waals surface area contributed by atoms with Crippen molar-refractivity contribution in [2.45, 2.75) is 32.7 Å². The molecular formula is C21H27FN2O4S. The summed E-state index contributed by atoms with van der Waals surface area (Å²) in [6.45, 7) is 4.42. The van der Waals surface area contributed by atoms with E-state index in [1.165, 1.54) is 25.1 Å². The van der Waals surface area contributed by atoms with Gasteiger partial charge in [-0.3, -0.25) is 9.10 Å². The van der Waals surface area contributed by atoms with Crippen LogP contribution in [0.3, 0.4) is 0 Å². The fraction of sp³-hybridized carbons (Fsp3) is 0.381. The molecule has 0 spiro atoms. The van der Waals surface area contributed by atoms with Gasteiger partial charge in [0.25, 0.3) is 0 Å². The molecule has 1 N–H and O–H groups in total. The highest BCUT2D eigenvalue weighted by Gasteiger charge is 2.29. The maximum atomic E-state index is 13.5. The van der Waals surface area contributed by atoms with Crippen molar-refractivity contribution in [3.05, 3.63) is 59.9 Å². The summed E-state index contributed by atoms with van der Waals surface area (Å²) in [5, 5.41) is 2.76. The number of nitrogens with one attached hydrogen (secondary N) is 1. The molecule has 6 nitrogen and oxygen atoms in total. The van der Waals surface area contributed by atoms with Gasteiger partial charge >= 0.3 is 0 Å². The van der Waals surface area contributed by atoms with Crippen molar-refractivity contribution < 1.29 is 22.3 Å². The van der Waals surface area contributed by atoms with E-state index >= 15 is 0 Å². The lowest BCUT2D eigenvalue weighted by molar-refractivity contribution is -0.121. The highest BCUT2D eigenvalue weighted by Crippen LogP contribution is 2.21. The maximum absolute atomic E-state index is 13.5. The third-order valence-corrected chi connectivity index (χ3v) is 5.57. The van der Waals surface area contributed by atoms with E-state index in [0.717, 1.165) is 34.4 Å². The van der Waals surface area contributed by atoms with Gasteiger partial charge in [0.2, 0.25) is 15.9 Å². The van der Waals surface area contributed by atoms with E-state index in [1.807, 2.05) is 31.2 Å². The summed E-state index contributed by atoms with van der Waals surface area (Å²) in [4.78, 5) is 12.5. The fourth-order valence-electron chi connectivity index (χ4n) is 2.99. The van der Waals surface area contributed by atoms with Crippen molar-refractivity contribution >= 4 is 21.6 Å². The van der Waals surface area contributed by atoms with Gasteiger partial charge in [-0.05, 0) is 62.6 Å². The molecule has 1 amide bonds. The van der Waals surface area contributed by atoms with Crippen LogP contribution >= 0.6 is 0 Å². The van der Waals surface area contributed by atoms with E-state index in [2.05, 4.69) is 5.32 Å². The topological polar surface area (TPSA) is 75.7 Å². The van der Waals surface area contributed by atoms with Crippen molar-refractivity contribution in [3.8, 4) is 5.75 Å². The molecule has 0 fully saturated rings. The number of hydrogen-bond donors (Lipinski definition) is 1. The zero-order valence-corrected chi connectivity index (χ0v) is 17.7. The average molecular weight is 423 g/mol. The monoisotopic (exact) mass is 422 g/mol. The van der Waals surface area contributed by atoms with Gasteiger partial charge in [-0.2, -0.15) is 0 Å². The number of benzene rings is 2. The predicted octanol–water partition coefficient (Wildman–Crippen LogP) is 3.13. The Hall–Kier alpha value is -2.61. The first-order valence-corrected chi connectivity index (χ1v) is 11.3. The minimum absolute atomic E-state index is 0.115. The van der Waals surface area contributed by atoms with Crippen LogP contribution in [0.4, 0.5) is 10.1 Å². The molecule has 0 aliphatic carbocycles. The van der Waals surface area contributed by atoms with Gasteiger partial charge in [0, 0.05) is 6.54 Å². The van der Waals surface area contributed by atoms with Crippen molar-refractivity contribution in [1.29, 1.82) is 0 Å². The van der Waals surface area contributed by atoms with Crippen LogP contribution in [0.1, 0.15) is 25.8 Å². The normalized spacial score (nSPS) is 12.3. The first-order valence-electron chi connectivity index (χ1n) is 9.46. The Morgan fingerprint density at radius 2 is 1.90 bits per heavy atom. The Balaban J connectivity index is 1.92. The van der Waals surface area contributed by atoms with E-state index in [9.17, 15) is 17.6 Å². The maximum Gasteiger partial charge on any atom is 0.243 e. The smallest absolute Gasteiger partial charge is 0.243 e. The lowest BCUT2D eigenvalue weighted by atomic mass is 10.1. The molecule has 2 aromatic rings. The fourth-order valence-corrected chi connectivity index (χ4v) is 4.16. The number of carbonyl (C=O) groups excluding carboxylic acids is 1. The summed E-state index contributed by atoms with van der Waals surface area (Å²) >= 11 is 0. The highest BCUT2D eigenvalue weighted by atomic mass is 32.2. The molecule has 1 atom stereocenters. The molecule has 0 aliphatic heterocycles. The van der Waals surface area contributed by atoms with Gasteiger partial charge in [0.1, 0.15) is 17.6 Å². The summed E-state index contributed by atoms with van der Waals surface area (Å²) in [5.74, 6) is -0.193. The quantitative estimate of drug-likeness (QED) is 0.597. The minimum Gasteiger partial charge on any atom is -0.494 e. The molecule has 0 saturated heterocycles. The molecule has 0 bridgehead atoms. The Bertz CT molecular complexity index is 917. The van der Waals surface area contributed by atoms with Crippen LogP contribution < -0.4 is 14.4 Å². The summed E-state index contributed by atoms with van der Waals surface area (Å²) in [7, 11) is -3.77. The predicted molar refractivity (Wildman–Crippen MR) is 112 cm³/mol. The summed E-state index contributed by atoms with van der Waals surface area (Å²) in [5.41, 5.74) is 1.23. The van der Waals surface area contributed by atoms with Crippen molar-refractivity contribution in [2.24, 2.45) is 0 Å². The summed E-state index contributed by atoms with van der Waals surface area (Å²) in [6, 6.07) is 11.9. The lowest BCUT2D eigenvalue weighted by Gasteiger charge is -2.28. The number of ether oxygens (including phenoxy) is 1. The zero-order valence-electron chi connectivity index (χ0n) is 16.9. The van der Waals surface area contributed by atoms with E-state index in [0.29, 0.717) is 19.6 Å². The van der Waals surface area contributed by atoms with Crippen LogP contribution in [-0.2, 0) is 21.2 Å². The van der Waals surface area contributed by atoms with Gasteiger partial charge < -0.3 is 10.1 Å². The number of rotatable bonds is 10. The Kier molecular flexibility index (Phi) is 8.01. The van der Waals surface area contributed by atoms with Gasteiger partial charge in [0.15, 0.2) is 0 Å². The van der Waals surface area contributed by atoms with E-state index in [-0.39, 0.29) is 5.69 Å². The second-order valence-electron chi connectivity index (χ2n) is 6.69. The zero-order chi connectivity index (χ0) is 21.4. The number of aryl methyl sites for hydroxylation is 1. The summed E-state index contributed by atoms with van der Waals surface area (Å²) in [6.07, 6.45) is 2.46. The van der Waals surface area contributed by atoms with Crippen molar-refractivity contribution in [1.82, 2.24) is 5.32 Å². The molecule has 29 heavy (non-hydrogen) atoms. The molecule has 0 aliphatic rings. The number of halogens is 1. The average Bonchev–Trinajstić information content (AvgIpc) is 2.65. The number of amides is 1. The van der Waals surface area contributed by atoms with Crippen molar-refractivity contribution in [2.75, 3.05) is 23.7 Å². The molecule has 158 valence electrons. The highest BCUT2D eigenvalue weighted by molar-refractivity contribution is 7.92. The standard InChI is InChI=1S/C21H27FN2O4S/c1-4-28-20-12-10-17(11-13-20)7-6-14-23-21(25)16(2)24(29(3,26)27)19-9-5-8-18(22)15-19/h5,8-13,15-16H,4,6-7,14H2,1-3H3,(H,23,25)/t16-/m1/s1. The number of hydrogen-bond acceptors (Lipinski definition) is 4. The third kappa shape index (κ3) is 6.74. The Morgan fingerprint density at radius 1 is 1.21 bits per heavy atom. The molecule has 2 aromatic carbocycles. The second-order valence-corrected chi connectivity index (χ2v) is 8.55. The van der Waals surface area contributed by atoms with Crippen LogP contribution in [-0.4, -0.2) is 39.8 Å². The van der Waals surface area contributed by atoms with Crippen LogP contribution in [0.25, 0.3) is 0 Å². The molecule has 8 heteroatoms. The van der Waals surface area contributed by atoms with Gasteiger partial charge in [-0.1, -0.05) is 18.2 Å². The third-order valence-electron chi connectivity index (χ3n) is 4.33. The van der Waals surface area contributed by atoms with Crippen LogP contribution in [0.5, 0.6) is 5.75 Å². The second kappa shape index (κ2) is 10.2.